The van der Waals surface area contributed by atoms with Gasteiger partial charge in [-0.1, -0.05) is 0 Å². The summed E-state index contributed by atoms with van der Waals surface area (Å²) in [6.45, 7) is 5.44. The van der Waals surface area contributed by atoms with Crippen molar-refractivity contribution in [3.63, 3.8) is 0 Å². The molecule has 2 rings (SSSR count). The Hall–Kier alpha value is -1.76. The van der Waals surface area contributed by atoms with E-state index in [1.165, 1.54) is 5.69 Å². The summed E-state index contributed by atoms with van der Waals surface area (Å²) in [5.41, 5.74) is 1.24. The minimum Gasteiger partial charge on any atom is -0.357 e. The Morgan fingerprint density at radius 3 is 2.91 bits per heavy atom. The minimum atomic E-state index is 0.781. The van der Waals surface area contributed by atoms with E-state index in [9.17, 15) is 0 Å². The molecular formula is C16H25BrN6. The summed E-state index contributed by atoms with van der Waals surface area (Å²) < 4.78 is 5.17. The molecule has 0 aliphatic carbocycles. The topological polar surface area (TPSA) is 50.4 Å². The van der Waals surface area contributed by atoms with Crippen molar-refractivity contribution in [2.24, 2.45) is 12.0 Å². The van der Waals surface area contributed by atoms with Gasteiger partial charge in [-0.15, -0.1) is 0 Å². The molecule has 0 aliphatic heterocycles. The molecule has 0 saturated heterocycles. The highest BCUT2D eigenvalue weighted by Crippen LogP contribution is 2.14. The van der Waals surface area contributed by atoms with Gasteiger partial charge in [0, 0.05) is 62.5 Å². The number of halogens is 1. The minimum absolute atomic E-state index is 0.781. The fourth-order valence-electron chi connectivity index (χ4n) is 2.36. The summed E-state index contributed by atoms with van der Waals surface area (Å²) >= 11 is 3.52. The molecule has 0 radical (unpaired) electrons. The van der Waals surface area contributed by atoms with E-state index >= 15 is 0 Å². The summed E-state index contributed by atoms with van der Waals surface area (Å²) in [6, 6.07) is 4.08. The number of aryl methyl sites for hydroxylation is 2. The van der Waals surface area contributed by atoms with E-state index in [0.717, 1.165) is 43.0 Å². The van der Waals surface area contributed by atoms with Gasteiger partial charge in [0.15, 0.2) is 5.96 Å². The van der Waals surface area contributed by atoms with Gasteiger partial charge in [-0.2, -0.15) is 5.10 Å². The third kappa shape index (κ3) is 5.42. The smallest absolute Gasteiger partial charge is 0.194 e. The van der Waals surface area contributed by atoms with Gasteiger partial charge in [-0.3, -0.25) is 9.67 Å². The van der Waals surface area contributed by atoms with Gasteiger partial charge in [0.2, 0.25) is 0 Å². The van der Waals surface area contributed by atoms with Gasteiger partial charge in [-0.25, -0.2) is 0 Å². The second kappa shape index (κ2) is 8.76. The molecule has 0 atom stereocenters. The van der Waals surface area contributed by atoms with Crippen LogP contribution in [0.25, 0.3) is 0 Å². The van der Waals surface area contributed by atoms with Crippen LogP contribution in [-0.2, 0) is 20.1 Å². The summed E-state index contributed by atoms with van der Waals surface area (Å²) in [5, 5.41) is 7.56. The molecule has 0 aromatic carbocycles. The average molecular weight is 381 g/mol. The zero-order chi connectivity index (χ0) is 16.7. The zero-order valence-electron chi connectivity index (χ0n) is 14.0. The lowest BCUT2D eigenvalue weighted by Gasteiger charge is -2.22. The number of rotatable bonds is 7. The summed E-state index contributed by atoms with van der Waals surface area (Å²) in [4.78, 5) is 6.87. The van der Waals surface area contributed by atoms with Gasteiger partial charge in [-0.05, 0) is 41.4 Å². The highest BCUT2D eigenvalue weighted by Gasteiger charge is 2.09. The fourth-order valence-corrected chi connectivity index (χ4v) is 2.93. The van der Waals surface area contributed by atoms with Crippen molar-refractivity contribution in [1.29, 1.82) is 0 Å². The highest BCUT2D eigenvalue weighted by atomic mass is 79.9. The van der Waals surface area contributed by atoms with Gasteiger partial charge in [0.05, 0.1) is 6.54 Å². The third-order valence-electron chi connectivity index (χ3n) is 3.54. The van der Waals surface area contributed by atoms with E-state index in [4.69, 9.17) is 4.99 Å². The first-order valence-electron chi connectivity index (χ1n) is 7.87. The average Bonchev–Trinajstić information content (AvgIpc) is 3.12. The van der Waals surface area contributed by atoms with Gasteiger partial charge in [0.1, 0.15) is 0 Å². The zero-order valence-corrected chi connectivity index (χ0v) is 15.6. The van der Waals surface area contributed by atoms with Gasteiger partial charge >= 0.3 is 0 Å². The van der Waals surface area contributed by atoms with Crippen LogP contribution in [0, 0.1) is 0 Å². The van der Waals surface area contributed by atoms with Crippen molar-refractivity contribution in [1.82, 2.24) is 24.6 Å². The normalized spacial score (nSPS) is 11.7. The molecule has 0 unspecified atom stereocenters. The van der Waals surface area contributed by atoms with Gasteiger partial charge < -0.3 is 14.8 Å². The van der Waals surface area contributed by atoms with Crippen LogP contribution in [0.5, 0.6) is 0 Å². The first-order chi connectivity index (χ1) is 11.1. The third-order valence-corrected chi connectivity index (χ3v) is 3.97. The maximum absolute atomic E-state index is 4.71. The number of guanidine groups is 1. The first-order valence-corrected chi connectivity index (χ1v) is 8.67. The first kappa shape index (κ1) is 17.6. The van der Waals surface area contributed by atoms with Crippen molar-refractivity contribution >= 4 is 21.9 Å². The Morgan fingerprint density at radius 2 is 2.30 bits per heavy atom. The largest absolute Gasteiger partial charge is 0.357 e. The second-order valence-electron chi connectivity index (χ2n) is 5.47. The molecular weight excluding hydrogens is 356 g/mol. The number of nitrogens with one attached hydrogen (secondary N) is 1. The fraction of sp³-hybridized carbons (Fsp3) is 0.500. The van der Waals surface area contributed by atoms with Crippen molar-refractivity contribution in [2.45, 2.75) is 26.4 Å². The lowest BCUT2D eigenvalue weighted by Crippen LogP contribution is -2.38. The SMILES string of the molecule is CCNC(=NCCCn1cccn1)N(C)Cc1cc(Br)cn1C. The Balaban J connectivity index is 1.90. The van der Waals surface area contributed by atoms with Crippen LogP contribution < -0.4 is 5.32 Å². The van der Waals surface area contributed by atoms with Crippen molar-refractivity contribution in [3.05, 3.63) is 40.9 Å². The molecule has 2 aromatic heterocycles. The monoisotopic (exact) mass is 380 g/mol. The number of aromatic nitrogens is 3. The molecule has 0 aliphatic rings. The molecule has 0 bridgehead atoms. The van der Waals surface area contributed by atoms with Gasteiger partial charge in [0.25, 0.3) is 0 Å². The molecule has 2 heterocycles. The lowest BCUT2D eigenvalue weighted by atomic mass is 10.4. The van der Waals surface area contributed by atoms with Crippen LogP contribution in [0.2, 0.25) is 0 Å². The number of nitrogens with zero attached hydrogens (tertiary/aromatic N) is 5. The van der Waals surface area contributed by atoms with Crippen LogP contribution in [0.15, 0.2) is 40.2 Å². The molecule has 1 N–H and O–H groups in total. The second-order valence-corrected chi connectivity index (χ2v) is 6.39. The predicted molar refractivity (Wildman–Crippen MR) is 97.4 cm³/mol. The molecule has 0 spiro atoms. The summed E-state index contributed by atoms with van der Waals surface area (Å²) in [7, 11) is 4.12. The van der Waals surface area contributed by atoms with Crippen LogP contribution in [0.4, 0.5) is 0 Å². The number of hydrogen-bond acceptors (Lipinski definition) is 2. The van der Waals surface area contributed by atoms with E-state index < -0.39 is 0 Å². The Morgan fingerprint density at radius 1 is 1.48 bits per heavy atom. The molecule has 7 heteroatoms. The molecule has 0 saturated carbocycles. The lowest BCUT2D eigenvalue weighted by molar-refractivity contribution is 0.460. The van der Waals surface area contributed by atoms with E-state index in [2.05, 4.69) is 69.1 Å². The van der Waals surface area contributed by atoms with E-state index in [1.54, 1.807) is 6.20 Å². The maximum atomic E-state index is 4.71. The van der Waals surface area contributed by atoms with Crippen LogP contribution >= 0.6 is 15.9 Å². The quantitative estimate of drug-likeness (QED) is 0.456. The number of aliphatic imine (C=N–C) groups is 1. The Kier molecular flexibility index (Phi) is 6.70. The van der Waals surface area contributed by atoms with E-state index in [0.29, 0.717) is 0 Å². The molecule has 23 heavy (non-hydrogen) atoms. The number of hydrogen-bond donors (Lipinski definition) is 1. The summed E-state index contributed by atoms with van der Waals surface area (Å²) in [6.07, 6.45) is 6.82. The molecule has 6 nitrogen and oxygen atoms in total. The maximum Gasteiger partial charge on any atom is 0.194 e. The predicted octanol–water partition coefficient (Wildman–Crippen LogP) is 2.47. The molecule has 126 valence electrons. The Bertz CT molecular complexity index is 617. The molecule has 0 amide bonds. The van der Waals surface area contributed by atoms with E-state index in [1.807, 2.05) is 16.9 Å². The summed E-state index contributed by atoms with van der Waals surface area (Å²) in [5.74, 6) is 0.935. The van der Waals surface area contributed by atoms with Crippen molar-refractivity contribution in [3.8, 4) is 0 Å². The highest BCUT2D eigenvalue weighted by molar-refractivity contribution is 9.10. The van der Waals surface area contributed by atoms with Crippen LogP contribution in [0.3, 0.4) is 0 Å². The Labute approximate surface area is 146 Å². The molecule has 2 aromatic rings. The van der Waals surface area contributed by atoms with Crippen LogP contribution in [0.1, 0.15) is 19.0 Å². The standard InChI is InChI=1S/C16H25BrN6/c1-4-18-16(19-7-5-9-23-10-6-8-20-23)22(3)13-15-11-14(17)12-21(15)2/h6,8,10-12H,4-5,7,9,13H2,1-3H3,(H,18,19). The van der Waals surface area contributed by atoms with E-state index in [-0.39, 0.29) is 0 Å². The van der Waals surface area contributed by atoms with Crippen molar-refractivity contribution < 1.29 is 0 Å². The van der Waals surface area contributed by atoms with Crippen molar-refractivity contribution in [2.75, 3.05) is 20.1 Å². The molecule has 0 fully saturated rings. The van der Waals surface area contributed by atoms with Crippen LogP contribution in [-0.4, -0.2) is 45.3 Å².